The molecule has 0 aromatic heterocycles. The summed E-state index contributed by atoms with van der Waals surface area (Å²) in [6, 6.07) is 7.80. The van der Waals surface area contributed by atoms with Crippen molar-refractivity contribution in [3.63, 3.8) is 0 Å². The molecule has 45 heavy (non-hydrogen) atoms. The summed E-state index contributed by atoms with van der Waals surface area (Å²) in [7, 11) is 4.00. The lowest BCUT2D eigenvalue weighted by Gasteiger charge is -2.62. The Kier molecular flexibility index (Phi) is 10.2. The fourth-order valence-corrected chi connectivity index (χ4v) is 7.86. The van der Waals surface area contributed by atoms with Crippen LogP contribution in [-0.2, 0) is 14.3 Å². The fraction of sp³-hybridized carbons (Fsp3) is 0.556. The van der Waals surface area contributed by atoms with E-state index in [4.69, 9.17) is 15.2 Å². The van der Waals surface area contributed by atoms with E-state index in [-0.39, 0.29) is 29.9 Å². The fourth-order valence-electron chi connectivity index (χ4n) is 7.86. The quantitative estimate of drug-likeness (QED) is 0.167. The molecule has 1 aromatic carbocycles. The number of hydrogen-bond donors (Lipinski definition) is 3. The lowest BCUT2D eigenvalue weighted by Crippen LogP contribution is -2.61. The number of morpholine rings is 1. The monoisotopic (exact) mass is 618 g/mol. The van der Waals surface area contributed by atoms with E-state index in [2.05, 4.69) is 34.4 Å². The van der Waals surface area contributed by atoms with E-state index in [1.54, 1.807) is 6.08 Å². The van der Waals surface area contributed by atoms with Crippen molar-refractivity contribution in [1.29, 1.82) is 0 Å². The van der Waals surface area contributed by atoms with Crippen LogP contribution in [0.5, 0.6) is 0 Å². The van der Waals surface area contributed by atoms with Gasteiger partial charge in [-0.2, -0.15) is 0 Å². The van der Waals surface area contributed by atoms with Crippen LogP contribution in [0.25, 0.3) is 6.08 Å². The number of allylic oxidation sites excluding steroid dienone is 2. The van der Waals surface area contributed by atoms with E-state index in [9.17, 15) is 15.0 Å². The number of benzene rings is 1. The molecule has 4 aliphatic rings. The number of rotatable bonds is 9. The first-order chi connectivity index (χ1) is 21.5. The average Bonchev–Trinajstić information content (AvgIpc) is 3.37. The number of carbonyl (C=O) groups excluding carboxylic acids is 1. The van der Waals surface area contributed by atoms with Gasteiger partial charge in [-0.05, 0) is 62.4 Å². The third-order valence-electron chi connectivity index (χ3n) is 10.7. The molecule has 0 radical (unpaired) electrons. The Balaban J connectivity index is 1.37. The summed E-state index contributed by atoms with van der Waals surface area (Å²) in [5.41, 5.74) is 8.65. The van der Waals surface area contributed by atoms with Gasteiger partial charge in [0.05, 0.1) is 38.0 Å². The van der Waals surface area contributed by atoms with Crippen molar-refractivity contribution in [3.8, 4) is 0 Å². The number of aliphatic hydroxyl groups excluding tert-OH is 2. The molecule has 0 spiro atoms. The smallest absolute Gasteiger partial charge is 0.343 e. The minimum absolute atomic E-state index is 0.0402. The molecule has 9 heteroatoms. The Hall–Kier alpha value is -3.08. The molecule has 2 aliphatic heterocycles. The highest BCUT2D eigenvalue weighted by atomic mass is 16.5. The molecule has 1 aromatic rings. The maximum atomic E-state index is 13.0. The highest BCUT2D eigenvalue weighted by Crippen LogP contribution is 2.61. The summed E-state index contributed by atoms with van der Waals surface area (Å²) in [6.45, 7) is 13.3. The van der Waals surface area contributed by atoms with Crippen molar-refractivity contribution >= 4 is 17.9 Å². The molecule has 0 amide bonds. The zero-order valence-electron chi connectivity index (χ0n) is 27.2. The van der Waals surface area contributed by atoms with Crippen LogP contribution >= 0.6 is 0 Å². The van der Waals surface area contributed by atoms with Crippen LogP contribution in [-0.4, -0.2) is 104 Å². The average molecular weight is 619 g/mol. The molecule has 3 fully saturated rings. The van der Waals surface area contributed by atoms with Crippen LogP contribution in [0.15, 0.2) is 71.0 Å². The molecule has 4 N–H and O–H groups in total. The number of aliphatic imine (C=N–C) groups is 1. The standard InChI is InChI=1S/C36H50N4O5/c1-24-29(35(2)13-12-32(42)36(3,23-41)31(35)22-30(24)40-16-18-44-19-17-40)11-10-27-21-28(45-34(27)43)20-25-6-8-26(9-7-25)33(37)38-14-15-39(4)5/h6-11,20-21,29-32,41-42H,1,12-19,22-23H2,2-5H3,(H2,37,38)/t29?,30?,31?,32-,35-,36+/m1/s1. The number of amidine groups is 1. The largest absolute Gasteiger partial charge is 0.423 e. The van der Waals surface area contributed by atoms with Gasteiger partial charge in [0.1, 0.15) is 11.6 Å². The Morgan fingerprint density at radius 2 is 1.93 bits per heavy atom. The van der Waals surface area contributed by atoms with Gasteiger partial charge in [-0.25, -0.2) is 4.79 Å². The minimum Gasteiger partial charge on any atom is -0.423 e. The van der Waals surface area contributed by atoms with E-state index in [0.29, 0.717) is 43.3 Å². The Labute approximate surface area is 267 Å². The SMILES string of the molecule is C=C1C(N2CCOCC2)CC2[C@](C)(CC[C@@H](O)[C@@]2(C)CO)C1C=CC1=CC(=Cc2ccc(C(N)=NCCN(C)C)cc2)OC1=O. The number of fused-ring (bicyclic) bond motifs is 1. The third kappa shape index (κ3) is 6.88. The van der Waals surface area contributed by atoms with E-state index in [1.165, 1.54) is 0 Å². The van der Waals surface area contributed by atoms with Crippen LogP contribution in [0.1, 0.15) is 44.2 Å². The zero-order chi connectivity index (χ0) is 32.4. The van der Waals surface area contributed by atoms with E-state index < -0.39 is 17.5 Å². The van der Waals surface area contributed by atoms with Gasteiger partial charge in [0.2, 0.25) is 0 Å². The highest BCUT2D eigenvalue weighted by molar-refractivity contribution is 5.98. The summed E-state index contributed by atoms with van der Waals surface area (Å²) in [5.74, 6) is 0.617. The number of nitrogens with two attached hydrogens (primary N) is 1. The van der Waals surface area contributed by atoms with Crippen molar-refractivity contribution in [3.05, 3.63) is 77.1 Å². The number of likely N-dealkylation sites (N-methyl/N-ethyl adjacent to an activating group) is 1. The van der Waals surface area contributed by atoms with Crippen LogP contribution in [0.3, 0.4) is 0 Å². The van der Waals surface area contributed by atoms with Gasteiger partial charge >= 0.3 is 5.97 Å². The molecule has 0 bridgehead atoms. The van der Waals surface area contributed by atoms with Gasteiger partial charge in [0.15, 0.2) is 0 Å². The number of nitrogens with zero attached hydrogens (tertiary/aromatic N) is 3. The first-order valence-electron chi connectivity index (χ1n) is 16.1. The first kappa shape index (κ1) is 33.3. The second-order valence-corrected chi connectivity index (χ2v) is 13.8. The van der Waals surface area contributed by atoms with Crippen molar-refractivity contribution in [2.24, 2.45) is 33.4 Å². The van der Waals surface area contributed by atoms with Gasteiger partial charge in [-0.1, -0.05) is 62.4 Å². The molecule has 2 heterocycles. The Morgan fingerprint density at radius 1 is 1.22 bits per heavy atom. The van der Waals surface area contributed by atoms with E-state index >= 15 is 0 Å². The summed E-state index contributed by atoms with van der Waals surface area (Å²) in [5, 5.41) is 21.7. The van der Waals surface area contributed by atoms with Gasteiger partial charge in [-0.3, -0.25) is 9.89 Å². The minimum atomic E-state index is -0.621. The second kappa shape index (κ2) is 13.7. The predicted molar refractivity (Wildman–Crippen MR) is 177 cm³/mol. The number of carbonyl (C=O) groups is 1. The molecule has 1 saturated heterocycles. The molecular weight excluding hydrogens is 568 g/mol. The molecule has 9 nitrogen and oxygen atoms in total. The summed E-state index contributed by atoms with van der Waals surface area (Å²) in [4.78, 5) is 21.9. The molecule has 244 valence electrons. The van der Waals surface area contributed by atoms with Gasteiger partial charge in [0, 0.05) is 42.6 Å². The van der Waals surface area contributed by atoms with E-state index in [0.717, 1.165) is 49.2 Å². The van der Waals surface area contributed by atoms with Crippen molar-refractivity contribution in [2.75, 3.05) is 60.1 Å². The van der Waals surface area contributed by atoms with Crippen LogP contribution in [0.4, 0.5) is 0 Å². The lowest BCUT2D eigenvalue weighted by molar-refractivity contribution is -0.156. The van der Waals surface area contributed by atoms with Crippen molar-refractivity contribution in [1.82, 2.24) is 9.80 Å². The molecule has 6 atom stereocenters. The van der Waals surface area contributed by atoms with Gasteiger partial charge in [0.25, 0.3) is 0 Å². The third-order valence-corrected chi connectivity index (χ3v) is 10.7. The highest BCUT2D eigenvalue weighted by Gasteiger charge is 2.59. The van der Waals surface area contributed by atoms with Gasteiger partial charge in [-0.15, -0.1) is 0 Å². The normalized spacial score (nSPS) is 34.0. The number of ether oxygens (including phenoxy) is 2. The van der Waals surface area contributed by atoms with Crippen LogP contribution < -0.4 is 5.73 Å². The summed E-state index contributed by atoms with van der Waals surface area (Å²) >= 11 is 0. The molecule has 2 aliphatic carbocycles. The maximum Gasteiger partial charge on any atom is 0.343 e. The molecule has 5 rings (SSSR count). The lowest BCUT2D eigenvalue weighted by atomic mass is 9.45. The number of hydrogen-bond acceptors (Lipinski definition) is 8. The summed E-state index contributed by atoms with van der Waals surface area (Å²) < 4.78 is 11.3. The Bertz CT molecular complexity index is 1380. The van der Waals surface area contributed by atoms with Crippen LogP contribution in [0.2, 0.25) is 0 Å². The predicted octanol–water partition coefficient (Wildman–Crippen LogP) is 3.39. The maximum absolute atomic E-state index is 13.0. The first-order valence-corrected chi connectivity index (χ1v) is 16.1. The second-order valence-electron chi connectivity index (χ2n) is 13.8. The number of esters is 1. The molecular formula is C36H50N4O5. The topological polar surface area (TPSA) is 121 Å². The van der Waals surface area contributed by atoms with Crippen molar-refractivity contribution < 1.29 is 24.5 Å². The molecule has 3 unspecified atom stereocenters. The summed E-state index contributed by atoms with van der Waals surface area (Å²) in [6.07, 6.45) is 9.29. The van der Waals surface area contributed by atoms with E-state index in [1.807, 2.05) is 57.4 Å². The van der Waals surface area contributed by atoms with Crippen molar-refractivity contribution in [2.45, 2.75) is 45.3 Å². The van der Waals surface area contributed by atoms with Crippen LogP contribution in [0, 0.1) is 22.7 Å². The molecule has 2 saturated carbocycles. The van der Waals surface area contributed by atoms with Gasteiger partial charge < -0.3 is 30.3 Å². The zero-order valence-corrected chi connectivity index (χ0v) is 27.2. The number of aliphatic hydroxyl groups is 2. The Morgan fingerprint density at radius 3 is 2.60 bits per heavy atom. The number of cyclic esters (lactones) is 1.